The second-order valence-electron chi connectivity index (χ2n) is 5.40. The van der Waals surface area contributed by atoms with E-state index in [1.165, 1.54) is 11.3 Å². The van der Waals surface area contributed by atoms with Crippen molar-refractivity contribution in [2.24, 2.45) is 0 Å². The number of imidazole rings is 1. The minimum Gasteiger partial charge on any atom is -0.351 e. The number of fused-ring (bicyclic) bond motifs is 3. The quantitative estimate of drug-likeness (QED) is 0.601. The summed E-state index contributed by atoms with van der Waals surface area (Å²) in [5, 5.41) is 4.51. The standard InChI is InChI=1S/C17H15N5OS/c1-3-18-16(23)13-9(2)24-17(22-13)15-20-12-8-19-11-7-5-4-6-10(11)14(12)21-15/h4-8H,3H2,1-2H3,(H,18,23)(H,20,21). The maximum Gasteiger partial charge on any atom is 0.271 e. The molecule has 1 aromatic carbocycles. The molecule has 3 heterocycles. The predicted octanol–water partition coefficient (Wildman–Crippen LogP) is 3.29. The second kappa shape index (κ2) is 5.68. The maximum atomic E-state index is 12.0. The van der Waals surface area contributed by atoms with Crippen LogP contribution in [-0.2, 0) is 0 Å². The number of nitrogens with zero attached hydrogens (tertiary/aromatic N) is 3. The van der Waals surface area contributed by atoms with E-state index in [2.05, 4.69) is 25.3 Å². The molecule has 0 bridgehead atoms. The van der Waals surface area contributed by atoms with E-state index in [0.29, 0.717) is 23.1 Å². The smallest absolute Gasteiger partial charge is 0.271 e. The number of aromatic nitrogens is 4. The van der Waals surface area contributed by atoms with Gasteiger partial charge in [-0.05, 0) is 19.9 Å². The van der Waals surface area contributed by atoms with Gasteiger partial charge < -0.3 is 10.3 Å². The van der Waals surface area contributed by atoms with Crippen molar-refractivity contribution in [1.29, 1.82) is 0 Å². The number of aromatic amines is 1. The fourth-order valence-corrected chi connectivity index (χ4v) is 3.52. The van der Waals surface area contributed by atoms with Crippen LogP contribution < -0.4 is 5.32 Å². The Labute approximate surface area is 142 Å². The van der Waals surface area contributed by atoms with E-state index in [0.717, 1.165) is 26.8 Å². The van der Waals surface area contributed by atoms with Gasteiger partial charge in [0.1, 0.15) is 11.2 Å². The highest BCUT2D eigenvalue weighted by atomic mass is 32.1. The summed E-state index contributed by atoms with van der Waals surface area (Å²) in [5.41, 5.74) is 3.10. The van der Waals surface area contributed by atoms with Gasteiger partial charge in [-0.1, -0.05) is 18.2 Å². The molecule has 0 unspecified atom stereocenters. The third-order valence-electron chi connectivity index (χ3n) is 3.78. The molecule has 24 heavy (non-hydrogen) atoms. The van der Waals surface area contributed by atoms with Gasteiger partial charge in [-0.25, -0.2) is 9.97 Å². The lowest BCUT2D eigenvalue weighted by Gasteiger charge is -1.97. The number of H-pyrrole nitrogens is 1. The highest BCUT2D eigenvalue weighted by Crippen LogP contribution is 2.29. The molecule has 2 N–H and O–H groups in total. The van der Waals surface area contributed by atoms with Gasteiger partial charge in [-0.2, -0.15) is 0 Å². The topological polar surface area (TPSA) is 83.6 Å². The first-order valence-electron chi connectivity index (χ1n) is 7.67. The lowest BCUT2D eigenvalue weighted by atomic mass is 10.2. The summed E-state index contributed by atoms with van der Waals surface area (Å²) in [6.45, 7) is 4.36. The summed E-state index contributed by atoms with van der Waals surface area (Å²) in [5.74, 6) is 0.507. The molecular weight excluding hydrogens is 322 g/mol. The minimum atomic E-state index is -0.152. The van der Waals surface area contributed by atoms with Crippen molar-refractivity contribution >= 4 is 39.2 Å². The molecule has 4 rings (SSSR count). The fraction of sp³-hybridized carbons (Fsp3) is 0.176. The van der Waals surface area contributed by atoms with Gasteiger partial charge in [0.2, 0.25) is 0 Å². The molecule has 0 saturated heterocycles. The lowest BCUT2D eigenvalue weighted by molar-refractivity contribution is 0.0951. The van der Waals surface area contributed by atoms with Crippen molar-refractivity contribution in [3.05, 3.63) is 41.0 Å². The van der Waals surface area contributed by atoms with Crippen LogP contribution in [0.1, 0.15) is 22.3 Å². The number of hydrogen-bond acceptors (Lipinski definition) is 5. The maximum absolute atomic E-state index is 12.0. The second-order valence-corrected chi connectivity index (χ2v) is 6.61. The monoisotopic (exact) mass is 337 g/mol. The van der Waals surface area contributed by atoms with Crippen LogP contribution in [0.5, 0.6) is 0 Å². The molecule has 0 aliphatic carbocycles. The Morgan fingerprint density at radius 1 is 1.25 bits per heavy atom. The van der Waals surface area contributed by atoms with Gasteiger partial charge in [0, 0.05) is 16.8 Å². The number of carbonyl (C=O) groups is 1. The number of carbonyl (C=O) groups excluding carboxylic acids is 1. The van der Waals surface area contributed by atoms with E-state index < -0.39 is 0 Å². The molecule has 0 radical (unpaired) electrons. The molecule has 0 aliphatic heterocycles. The molecule has 0 spiro atoms. The van der Waals surface area contributed by atoms with Crippen molar-refractivity contribution in [3.63, 3.8) is 0 Å². The number of nitrogens with one attached hydrogen (secondary N) is 2. The molecule has 0 fully saturated rings. The third-order valence-corrected chi connectivity index (χ3v) is 4.76. The summed E-state index contributed by atoms with van der Waals surface area (Å²) in [7, 11) is 0. The predicted molar refractivity (Wildman–Crippen MR) is 95.2 cm³/mol. The zero-order valence-corrected chi connectivity index (χ0v) is 14.1. The highest BCUT2D eigenvalue weighted by molar-refractivity contribution is 7.15. The van der Waals surface area contributed by atoms with Gasteiger partial charge in [-0.3, -0.25) is 9.78 Å². The van der Waals surface area contributed by atoms with Crippen molar-refractivity contribution in [2.75, 3.05) is 6.54 Å². The number of para-hydroxylation sites is 1. The van der Waals surface area contributed by atoms with E-state index in [1.54, 1.807) is 6.20 Å². The summed E-state index contributed by atoms with van der Waals surface area (Å²) in [6, 6.07) is 7.92. The number of rotatable bonds is 3. The summed E-state index contributed by atoms with van der Waals surface area (Å²) in [6.07, 6.45) is 1.75. The van der Waals surface area contributed by atoms with Gasteiger partial charge >= 0.3 is 0 Å². The molecule has 0 aliphatic rings. The van der Waals surface area contributed by atoms with Gasteiger partial charge in [0.25, 0.3) is 5.91 Å². The van der Waals surface area contributed by atoms with Crippen molar-refractivity contribution in [3.8, 4) is 10.8 Å². The van der Waals surface area contributed by atoms with E-state index >= 15 is 0 Å². The van der Waals surface area contributed by atoms with E-state index in [-0.39, 0.29) is 5.91 Å². The number of hydrogen-bond donors (Lipinski definition) is 2. The third kappa shape index (κ3) is 2.33. The Morgan fingerprint density at radius 2 is 2.08 bits per heavy atom. The highest BCUT2D eigenvalue weighted by Gasteiger charge is 2.18. The molecule has 6 nitrogen and oxygen atoms in total. The van der Waals surface area contributed by atoms with E-state index in [4.69, 9.17) is 0 Å². The number of benzene rings is 1. The largest absolute Gasteiger partial charge is 0.351 e. The van der Waals surface area contributed by atoms with Crippen LogP contribution in [-0.4, -0.2) is 32.4 Å². The minimum absolute atomic E-state index is 0.152. The molecule has 7 heteroatoms. The number of amides is 1. The summed E-state index contributed by atoms with van der Waals surface area (Å²) < 4.78 is 0. The fourth-order valence-electron chi connectivity index (χ4n) is 2.67. The van der Waals surface area contributed by atoms with E-state index in [9.17, 15) is 4.79 Å². The van der Waals surface area contributed by atoms with Crippen LogP contribution in [0.4, 0.5) is 0 Å². The zero-order valence-electron chi connectivity index (χ0n) is 13.3. The number of pyridine rings is 1. The molecule has 0 atom stereocenters. The summed E-state index contributed by atoms with van der Waals surface area (Å²) in [4.78, 5) is 29.7. The van der Waals surface area contributed by atoms with Crippen LogP contribution in [0, 0.1) is 6.92 Å². The van der Waals surface area contributed by atoms with Gasteiger partial charge in [0.15, 0.2) is 10.8 Å². The first-order valence-corrected chi connectivity index (χ1v) is 8.48. The SMILES string of the molecule is CCNC(=O)c1nc(-c2nc3cnc4ccccc4c3[nH]2)sc1C. The average molecular weight is 337 g/mol. The first-order chi connectivity index (χ1) is 11.7. The Bertz CT molecular complexity index is 1070. The molecule has 0 saturated carbocycles. The van der Waals surface area contributed by atoms with Crippen molar-refractivity contribution in [2.45, 2.75) is 13.8 Å². The van der Waals surface area contributed by atoms with Crippen LogP contribution in [0.15, 0.2) is 30.5 Å². The number of thiazole rings is 1. The van der Waals surface area contributed by atoms with Crippen molar-refractivity contribution < 1.29 is 4.79 Å². The molecule has 1 amide bonds. The zero-order chi connectivity index (χ0) is 16.7. The average Bonchev–Trinajstić information content (AvgIpc) is 3.18. The normalized spacial score (nSPS) is 11.2. The van der Waals surface area contributed by atoms with Crippen LogP contribution in [0.3, 0.4) is 0 Å². The Balaban J connectivity index is 1.84. The van der Waals surface area contributed by atoms with Gasteiger partial charge in [0.05, 0.1) is 17.2 Å². The molecule has 120 valence electrons. The number of aryl methyl sites for hydroxylation is 1. The Hall–Kier alpha value is -2.80. The Morgan fingerprint density at radius 3 is 2.92 bits per heavy atom. The molecule has 3 aromatic heterocycles. The molecular formula is C17H15N5OS. The summed E-state index contributed by atoms with van der Waals surface area (Å²) >= 11 is 1.46. The Kier molecular flexibility index (Phi) is 3.50. The van der Waals surface area contributed by atoms with Crippen molar-refractivity contribution in [1.82, 2.24) is 25.3 Å². The molecule has 4 aromatic rings. The van der Waals surface area contributed by atoms with Gasteiger partial charge in [-0.15, -0.1) is 11.3 Å². The first kappa shape index (κ1) is 14.8. The van der Waals surface area contributed by atoms with Crippen LogP contribution >= 0.6 is 11.3 Å². The lowest BCUT2D eigenvalue weighted by Crippen LogP contribution is -2.23. The van der Waals surface area contributed by atoms with Crippen LogP contribution in [0.25, 0.3) is 32.8 Å². The van der Waals surface area contributed by atoms with E-state index in [1.807, 2.05) is 38.1 Å². The van der Waals surface area contributed by atoms with Crippen LogP contribution in [0.2, 0.25) is 0 Å².